The molecule has 0 unspecified atom stereocenters. The van der Waals surface area contributed by atoms with Gasteiger partial charge >= 0.3 is 0 Å². The lowest BCUT2D eigenvalue weighted by Crippen LogP contribution is -2.19. The zero-order valence-electron chi connectivity index (χ0n) is 11.1. The van der Waals surface area contributed by atoms with Crippen LogP contribution >= 0.6 is 0 Å². The second-order valence-electron chi connectivity index (χ2n) is 4.43. The normalized spacial score (nSPS) is 11.4. The number of hydrogen-bond acceptors (Lipinski definition) is 4. The summed E-state index contributed by atoms with van der Waals surface area (Å²) in [5.74, 6) is -0.816. The molecule has 0 saturated carbocycles. The van der Waals surface area contributed by atoms with Gasteiger partial charge in [-0.3, -0.25) is 9.48 Å². The number of carbonyl (C=O) groups excluding carboxylic acids is 1. The number of nitrogens with zero attached hydrogens (tertiary/aromatic N) is 2. The first-order chi connectivity index (χ1) is 9.75. The van der Waals surface area contributed by atoms with Crippen LogP contribution < -0.4 is 10.5 Å². The Hall–Kier alpha value is -2.26. The number of aryl methyl sites for hydroxylation is 1. The molecule has 3 N–H and O–H groups in total. The summed E-state index contributed by atoms with van der Waals surface area (Å²) in [7, 11) is -3.84. The third-order valence-corrected chi connectivity index (χ3v) is 3.57. The van der Waals surface area contributed by atoms with Crippen LogP contribution in [0.25, 0.3) is 0 Å². The fourth-order valence-corrected chi connectivity index (χ4v) is 2.14. The summed E-state index contributed by atoms with van der Waals surface area (Å²) in [5.41, 5.74) is 1.05. The molecule has 0 bridgehead atoms. The monoisotopic (exact) mass is 312 g/mol. The first-order valence-corrected chi connectivity index (χ1v) is 7.41. The quantitative estimate of drug-likeness (QED) is 0.862. The maximum atomic E-state index is 13.0. The van der Waals surface area contributed by atoms with E-state index >= 15 is 0 Å². The summed E-state index contributed by atoms with van der Waals surface area (Å²) < 4.78 is 36.3. The highest BCUT2D eigenvalue weighted by molar-refractivity contribution is 7.89. The minimum Gasteiger partial charge on any atom is -0.324 e. The molecule has 1 amide bonds. The van der Waals surface area contributed by atoms with Crippen LogP contribution in [-0.4, -0.2) is 24.1 Å². The molecule has 1 aromatic heterocycles. The maximum Gasteiger partial charge on any atom is 0.246 e. The van der Waals surface area contributed by atoms with Gasteiger partial charge in [-0.05, 0) is 30.7 Å². The average molecular weight is 312 g/mol. The van der Waals surface area contributed by atoms with Crippen molar-refractivity contribution in [2.45, 2.75) is 18.4 Å². The van der Waals surface area contributed by atoms with Crippen molar-refractivity contribution in [3.05, 3.63) is 42.0 Å². The molecule has 0 aliphatic rings. The highest BCUT2D eigenvalue weighted by Crippen LogP contribution is 2.15. The molecule has 0 spiro atoms. The molecule has 1 heterocycles. The van der Waals surface area contributed by atoms with Crippen LogP contribution in [-0.2, 0) is 21.4 Å². The predicted molar refractivity (Wildman–Crippen MR) is 73.4 cm³/mol. The van der Waals surface area contributed by atoms with Gasteiger partial charge in [0.25, 0.3) is 0 Å². The first kappa shape index (κ1) is 15.1. The number of nitrogens with one attached hydrogen (secondary N) is 1. The molecule has 9 heteroatoms. The van der Waals surface area contributed by atoms with Gasteiger partial charge in [0.15, 0.2) is 0 Å². The Balaban J connectivity index is 2.07. The minimum absolute atomic E-state index is 0.173. The Morgan fingerprint density at radius 1 is 1.48 bits per heavy atom. The van der Waals surface area contributed by atoms with Gasteiger partial charge in [0, 0.05) is 11.9 Å². The van der Waals surface area contributed by atoms with Crippen molar-refractivity contribution in [1.82, 2.24) is 9.78 Å². The summed E-state index contributed by atoms with van der Waals surface area (Å²) in [6.07, 6.45) is 2.22. The second kappa shape index (κ2) is 5.62. The molecule has 112 valence electrons. The van der Waals surface area contributed by atoms with Gasteiger partial charge < -0.3 is 5.32 Å². The van der Waals surface area contributed by atoms with E-state index < -0.39 is 21.7 Å². The lowest BCUT2D eigenvalue weighted by atomic mass is 10.2. The van der Waals surface area contributed by atoms with Crippen molar-refractivity contribution in [2.75, 3.05) is 5.32 Å². The predicted octanol–water partition coefficient (Wildman–Crippen LogP) is 0.617. The Morgan fingerprint density at radius 2 is 2.19 bits per heavy atom. The van der Waals surface area contributed by atoms with Crippen LogP contribution in [0, 0.1) is 12.7 Å². The third kappa shape index (κ3) is 3.86. The molecule has 2 aromatic rings. The highest BCUT2D eigenvalue weighted by Gasteiger charge is 2.12. The molecule has 21 heavy (non-hydrogen) atoms. The van der Waals surface area contributed by atoms with Crippen LogP contribution in [0.15, 0.2) is 35.5 Å². The maximum absolute atomic E-state index is 13.0. The van der Waals surface area contributed by atoms with Crippen molar-refractivity contribution in [3.8, 4) is 0 Å². The van der Waals surface area contributed by atoms with E-state index in [9.17, 15) is 17.6 Å². The molecular formula is C12H13FN4O3S. The van der Waals surface area contributed by atoms with Crippen LogP contribution in [0.4, 0.5) is 10.1 Å². The van der Waals surface area contributed by atoms with E-state index in [0.29, 0.717) is 11.3 Å². The van der Waals surface area contributed by atoms with Crippen molar-refractivity contribution < 1.29 is 17.6 Å². The van der Waals surface area contributed by atoms with Crippen LogP contribution in [0.2, 0.25) is 0 Å². The summed E-state index contributed by atoms with van der Waals surface area (Å²) >= 11 is 0. The lowest BCUT2D eigenvalue weighted by molar-refractivity contribution is -0.116. The average Bonchev–Trinajstić information content (AvgIpc) is 2.81. The molecular weight excluding hydrogens is 299 g/mol. The second-order valence-corrected chi connectivity index (χ2v) is 5.99. The number of halogens is 1. The zero-order chi connectivity index (χ0) is 15.6. The van der Waals surface area contributed by atoms with E-state index in [0.717, 1.165) is 17.1 Å². The van der Waals surface area contributed by atoms with Gasteiger partial charge in [-0.25, -0.2) is 17.9 Å². The summed E-state index contributed by atoms with van der Waals surface area (Å²) in [6.45, 7) is 1.47. The number of amides is 1. The van der Waals surface area contributed by atoms with Gasteiger partial charge in [-0.15, -0.1) is 0 Å². The fraction of sp³-hybridized carbons (Fsp3) is 0.167. The standard InChI is InChI=1S/C12H13FN4O3S/c1-8-4-9(13)2-3-11(8)16-12(18)7-17-6-10(5-15-17)21(14,19)20/h2-6H,7H2,1H3,(H,16,18)(H2,14,19,20). The van der Waals surface area contributed by atoms with Crippen molar-refractivity contribution in [2.24, 2.45) is 5.14 Å². The number of benzene rings is 1. The third-order valence-electron chi connectivity index (χ3n) is 2.71. The molecule has 2 rings (SSSR count). The Morgan fingerprint density at radius 3 is 2.76 bits per heavy atom. The Kier molecular flexibility index (Phi) is 4.05. The Labute approximate surface area is 120 Å². The number of primary sulfonamides is 1. The number of nitrogens with two attached hydrogens (primary N) is 1. The highest BCUT2D eigenvalue weighted by atomic mass is 32.2. The number of sulfonamides is 1. The SMILES string of the molecule is Cc1cc(F)ccc1NC(=O)Cn1cc(S(N)(=O)=O)cn1. The number of aromatic nitrogens is 2. The van der Waals surface area contributed by atoms with Gasteiger partial charge in [0.2, 0.25) is 15.9 Å². The topological polar surface area (TPSA) is 107 Å². The van der Waals surface area contributed by atoms with E-state index in [4.69, 9.17) is 5.14 Å². The molecule has 1 aromatic carbocycles. The van der Waals surface area contributed by atoms with E-state index in [1.165, 1.54) is 18.2 Å². The van der Waals surface area contributed by atoms with E-state index in [-0.39, 0.29) is 11.4 Å². The fourth-order valence-electron chi connectivity index (χ4n) is 1.68. The first-order valence-electron chi connectivity index (χ1n) is 5.87. The van der Waals surface area contributed by atoms with Crippen molar-refractivity contribution >= 4 is 21.6 Å². The van der Waals surface area contributed by atoms with Gasteiger partial charge in [-0.2, -0.15) is 5.10 Å². The molecule has 0 radical (unpaired) electrons. The van der Waals surface area contributed by atoms with E-state index in [2.05, 4.69) is 10.4 Å². The smallest absolute Gasteiger partial charge is 0.246 e. The number of rotatable bonds is 4. The molecule has 0 aliphatic heterocycles. The van der Waals surface area contributed by atoms with E-state index in [1.807, 2.05) is 0 Å². The molecule has 0 aliphatic carbocycles. The molecule has 0 saturated heterocycles. The van der Waals surface area contributed by atoms with Gasteiger partial charge in [0.05, 0.1) is 6.20 Å². The molecule has 0 atom stereocenters. The summed E-state index contributed by atoms with van der Waals surface area (Å²) in [6, 6.07) is 3.97. The lowest BCUT2D eigenvalue weighted by Gasteiger charge is -2.08. The molecule has 0 fully saturated rings. The van der Waals surface area contributed by atoms with Gasteiger partial charge in [0.1, 0.15) is 17.3 Å². The minimum atomic E-state index is -3.84. The molecule has 7 nitrogen and oxygen atoms in total. The number of carbonyl (C=O) groups is 1. The Bertz CT molecular complexity index is 786. The summed E-state index contributed by atoms with van der Waals surface area (Å²) in [5, 5.41) is 11.3. The van der Waals surface area contributed by atoms with Crippen molar-refractivity contribution in [1.29, 1.82) is 0 Å². The van der Waals surface area contributed by atoms with E-state index in [1.54, 1.807) is 6.92 Å². The number of anilines is 1. The van der Waals surface area contributed by atoms with Crippen LogP contribution in [0.1, 0.15) is 5.56 Å². The van der Waals surface area contributed by atoms with Gasteiger partial charge in [-0.1, -0.05) is 0 Å². The summed E-state index contributed by atoms with van der Waals surface area (Å²) in [4.78, 5) is 11.7. The zero-order valence-corrected chi connectivity index (χ0v) is 11.9. The van der Waals surface area contributed by atoms with Crippen LogP contribution in [0.3, 0.4) is 0 Å². The largest absolute Gasteiger partial charge is 0.324 e. The van der Waals surface area contributed by atoms with Crippen LogP contribution in [0.5, 0.6) is 0 Å². The number of hydrogen-bond donors (Lipinski definition) is 2. The van der Waals surface area contributed by atoms with Crippen molar-refractivity contribution in [3.63, 3.8) is 0 Å².